The Labute approximate surface area is 215 Å². The SMILES string of the molecule is Oc1ccc2c(c1)CCC(c1ccc(Cl)cc1Cl)=C2c1ccc(O[C@H]2CCN(CCCF)C2)cc1. The molecular weight excluding hydrogens is 484 g/mol. The van der Waals surface area contributed by atoms with Crippen molar-refractivity contribution in [3.8, 4) is 11.5 Å². The minimum Gasteiger partial charge on any atom is -0.508 e. The van der Waals surface area contributed by atoms with Gasteiger partial charge in [0.25, 0.3) is 0 Å². The van der Waals surface area contributed by atoms with Crippen LogP contribution in [0.25, 0.3) is 11.1 Å². The average Bonchev–Trinajstić information content (AvgIpc) is 3.30. The summed E-state index contributed by atoms with van der Waals surface area (Å²) in [6, 6.07) is 19.4. The van der Waals surface area contributed by atoms with E-state index in [1.54, 1.807) is 12.1 Å². The number of likely N-dealkylation sites (tertiary alicyclic amines) is 1. The second-order valence-electron chi connectivity index (χ2n) is 9.22. The van der Waals surface area contributed by atoms with Crippen molar-refractivity contribution in [2.45, 2.75) is 31.8 Å². The predicted molar refractivity (Wildman–Crippen MR) is 141 cm³/mol. The van der Waals surface area contributed by atoms with Crippen molar-refractivity contribution in [2.75, 3.05) is 26.3 Å². The quantitative estimate of drug-likeness (QED) is 0.358. The predicted octanol–water partition coefficient (Wildman–Crippen LogP) is 7.42. The Kier molecular flexibility index (Phi) is 7.33. The molecule has 3 nitrogen and oxygen atoms in total. The van der Waals surface area contributed by atoms with Crippen LogP contribution in [0.2, 0.25) is 10.0 Å². The van der Waals surface area contributed by atoms with Gasteiger partial charge in [0.2, 0.25) is 0 Å². The molecule has 0 bridgehead atoms. The van der Waals surface area contributed by atoms with Gasteiger partial charge in [0.1, 0.15) is 17.6 Å². The van der Waals surface area contributed by atoms with E-state index < -0.39 is 0 Å². The molecule has 0 unspecified atom stereocenters. The Morgan fingerprint density at radius 2 is 1.77 bits per heavy atom. The van der Waals surface area contributed by atoms with Crippen LogP contribution in [0.15, 0.2) is 60.7 Å². The first kappa shape index (κ1) is 24.2. The number of nitrogens with zero attached hydrogens (tertiary/aromatic N) is 1. The van der Waals surface area contributed by atoms with Crippen LogP contribution in [0.3, 0.4) is 0 Å². The number of phenols is 1. The second kappa shape index (κ2) is 10.6. The van der Waals surface area contributed by atoms with Gasteiger partial charge in [-0.15, -0.1) is 0 Å². The normalized spacial score (nSPS) is 18.1. The summed E-state index contributed by atoms with van der Waals surface area (Å²) in [7, 11) is 0. The molecule has 1 N–H and O–H groups in total. The van der Waals surface area contributed by atoms with Crippen molar-refractivity contribution in [3.63, 3.8) is 0 Å². The third-order valence-electron chi connectivity index (χ3n) is 6.84. The number of ether oxygens (including phenoxy) is 1. The Morgan fingerprint density at radius 3 is 2.54 bits per heavy atom. The van der Waals surface area contributed by atoms with Crippen LogP contribution in [-0.2, 0) is 6.42 Å². The molecule has 1 saturated heterocycles. The summed E-state index contributed by atoms with van der Waals surface area (Å²) in [5, 5.41) is 11.3. The largest absolute Gasteiger partial charge is 0.508 e. The van der Waals surface area contributed by atoms with Gasteiger partial charge in [-0.25, -0.2) is 0 Å². The average molecular weight is 512 g/mol. The Bertz CT molecular complexity index is 1240. The molecule has 5 rings (SSSR count). The van der Waals surface area contributed by atoms with Gasteiger partial charge < -0.3 is 9.84 Å². The molecule has 2 aliphatic rings. The lowest BCUT2D eigenvalue weighted by Crippen LogP contribution is -2.26. The molecular formula is C29H28Cl2FNO2. The Morgan fingerprint density at radius 1 is 0.971 bits per heavy atom. The third-order valence-corrected chi connectivity index (χ3v) is 7.39. The standard InChI is InChI=1S/C29H28Cl2FNO2/c30-21-5-10-26(28(31)17-21)27-9-4-20-16-22(34)6-11-25(20)29(27)19-2-7-23(8-3-19)35-24-12-15-33(18-24)14-1-13-32/h2-3,5-8,10-11,16-17,24,34H,1,4,9,12-15,18H2/t24-/m0/s1. The fraction of sp³-hybridized carbons (Fsp3) is 0.310. The van der Waals surface area contributed by atoms with Crippen LogP contribution in [0.1, 0.15) is 41.5 Å². The minimum atomic E-state index is -0.273. The number of halogens is 3. The topological polar surface area (TPSA) is 32.7 Å². The molecule has 1 aliphatic heterocycles. The zero-order valence-corrected chi connectivity index (χ0v) is 21.0. The fourth-order valence-corrected chi connectivity index (χ4v) is 5.71. The first-order valence-corrected chi connectivity index (χ1v) is 12.8. The van der Waals surface area contributed by atoms with Gasteiger partial charge >= 0.3 is 0 Å². The Hall–Kier alpha value is -2.53. The maximum Gasteiger partial charge on any atom is 0.119 e. The van der Waals surface area contributed by atoms with Gasteiger partial charge in [-0.05, 0) is 95.5 Å². The number of phenolic OH excluding ortho intramolecular Hbond substituents is 1. The number of aromatic hydroxyl groups is 1. The summed E-state index contributed by atoms with van der Waals surface area (Å²) in [6.45, 7) is 2.30. The van der Waals surface area contributed by atoms with E-state index in [1.165, 1.54) is 0 Å². The first-order valence-electron chi connectivity index (χ1n) is 12.1. The van der Waals surface area contributed by atoms with Crippen molar-refractivity contribution in [1.29, 1.82) is 0 Å². The van der Waals surface area contributed by atoms with Crippen molar-refractivity contribution in [2.24, 2.45) is 0 Å². The fourth-order valence-electron chi connectivity index (χ4n) is 5.18. The van der Waals surface area contributed by atoms with Crippen molar-refractivity contribution >= 4 is 34.3 Å². The zero-order chi connectivity index (χ0) is 24.4. The highest BCUT2D eigenvalue weighted by Crippen LogP contribution is 2.44. The number of allylic oxidation sites excluding steroid dienone is 1. The lowest BCUT2D eigenvalue weighted by Gasteiger charge is -2.25. The number of benzene rings is 3. The summed E-state index contributed by atoms with van der Waals surface area (Å²) in [5.41, 5.74) is 6.54. The van der Waals surface area contributed by atoms with Crippen LogP contribution in [-0.4, -0.2) is 42.4 Å². The summed E-state index contributed by atoms with van der Waals surface area (Å²) in [5.74, 6) is 1.11. The Balaban J connectivity index is 1.46. The van der Waals surface area contributed by atoms with Gasteiger partial charge in [-0.1, -0.05) is 47.5 Å². The van der Waals surface area contributed by atoms with Crippen molar-refractivity contribution < 1.29 is 14.2 Å². The summed E-state index contributed by atoms with van der Waals surface area (Å²) in [4.78, 5) is 2.26. The van der Waals surface area contributed by atoms with Crippen molar-refractivity contribution in [1.82, 2.24) is 4.90 Å². The summed E-state index contributed by atoms with van der Waals surface area (Å²) in [6.07, 6.45) is 3.29. The molecule has 0 amide bonds. The highest BCUT2D eigenvalue weighted by atomic mass is 35.5. The van der Waals surface area contributed by atoms with E-state index in [0.717, 1.165) is 78.0 Å². The van der Waals surface area contributed by atoms with Gasteiger partial charge in [0, 0.05) is 29.7 Å². The van der Waals surface area contributed by atoms with Crippen LogP contribution in [0.4, 0.5) is 4.39 Å². The smallest absolute Gasteiger partial charge is 0.119 e. The van der Waals surface area contributed by atoms with E-state index in [1.807, 2.05) is 36.4 Å². The molecule has 0 spiro atoms. The lowest BCUT2D eigenvalue weighted by molar-refractivity contribution is 0.198. The number of rotatable bonds is 7. The van der Waals surface area contributed by atoms with E-state index in [2.05, 4.69) is 17.0 Å². The maximum absolute atomic E-state index is 12.5. The van der Waals surface area contributed by atoms with E-state index in [0.29, 0.717) is 16.5 Å². The van der Waals surface area contributed by atoms with E-state index >= 15 is 0 Å². The minimum absolute atomic E-state index is 0.126. The highest BCUT2D eigenvalue weighted by molar-refractivity contribution is 6.36. The van der Waals surface area contributed by atoms with Crippen LogP contribution >= 0.6 is 23.2 Å². The number of alkyl halides is 1. The third kappa shape index (κ3) is 5.35. The molecule has 1 aliphatic carbocycles. The van der Waals surface area contributed by atoms with Crippen LogP contribution in [0.5, 0.6) is 11.5 Å². The molecule has 0 radical (unpaired) electrons. The highest BCUT2D eigenvalue weighted by Gasteiger charge is 2.25. The first-order chi connectivity index (χ1) is 17.0. The van der Waals surface area contributed by atoms with Gasteiger partial charge in [0.15, 0.2) is 0 Å². The van der Waals surface area contributed by atoms with Crippen LogP contribution < -0.4 is 4.74 Å². The number of fused-ring (bicyclic) bond motifs is 1. The van der Waals surface area contributed by atoms with E-state index in [-0.39, 0.29) is 18.5 Å². The number of aryl methyl sites for hydroxylation is 1. The monoisotopic (exact) mass is 511 g/mol. The van der Waals surface area contributed by atoms with Gasteiger partial charge in [-0.3, -0.25) is 9.29 Å². The number of hydrogen-bond acceptors (Lipinski definition) is 3. The molecule has 1 heterocycles. The lowest BCUT2D eigenvalue weighted by atomic mass is 9.79. The summed E-state index contributed by atoms with van der Waals surface area (Å²) < 4.78 is 18.7. The molecule has 0 aromatic heterocycles. The molecule has 35 heavy (non-hydrogen) atoms. The molecule has 182 valence electrons. The maximum atomic E-state index is 12.5. The molecule has 3 aromatic carbocycles. The zero-order valence-electron chi connectivity index (χ0n) is 19.4. The van der Waals surface area contributed by atoms with Crippen LogP contribution in [0, 0.1) is 0 Å². The molecule has 0 saturated carbocycles. The van der Waals surface area contributed by atoms with E-state index in [4.69, 9.17) is 27.9 Å². The molecule has 1 atom stereocenters. The molecule has 1 fully saturated rings. The van der Waals surface area contributed by atoms with E-state index in [9.17, 15) is 9.50 Å². The number of hydrogen-bond donors (Lipinski definition) is 1. The molecule has 3 aromatic rings. The second-order valence-corrected chi connectivity index (χ2v) is 10.1. The summed E-state index contributed by atoms with van der Waals surface area (Å²) >= 11 is 12.8. The van der Waals surface area contributed by atoms with Gasteiger partial charge in [-0.2, -0.15) is 0 Å². The molecule has 6 heteroatoms. The van der Waals surface area contributed by atoms with Crippen molar-refractivity contribution in [3.05, 3.63) is 93.0 Å². The van der Waals surface area contributed by atoms with Gasteiger partial charge in [0.05, 0.1) is 6.67 Å².